The van der Waals surface area contributed by atoms with Gasteiger partial charge in [-0.3, -0.25) is 9.78 Å². The van der Waals surface area contributed by atoms with Gasteiger partial charge >= 0.3 is 0 Å². The minimum Gasteiger partial charge on any atom is -0.342 e. The molecule has 150 valence electrons. The van der Waals surface area contributed by atoms with E-state index < -0.39 is 0 Å². The van der Waals surface area contributed by atoms with Crippen LogP contribution in [0.25, 0.3) is 11.5 Å². The van der Waals surface area contributed by atoms with E-state index in [-0.39, 0.29) is 11.3 Å². The average molecular weight is 383 g/mol. The molecule has 2 aliphatic rings. The molecule has 4 rings (SSSR count). The van der Waals surface area contributed by atoms with Crippen molar-refractivity contribution in [3.05, 3.63) is 30.4 Å². The number of carbonyl (C=O) groups excluding carboxylic acids is 1. The second-order valence-electron chi connectivity index (χ2n) is 8.94. The standard InChI is InChI=1S/C22H30N4O2/c1-16(2)6-9-19(27)26-12-4-10-22(15-26,13-17-7-8-17)21-24-20(28-25-21)18-5-3-11-23-14-18/h3,5,11,14,16-17H,4,6-10,12-13,15H2,1-2H3. The minimum atomic E-state index is -0.184. The first-order valence-corrected chi connectivity index (χ1v) is 10.6. The van der Waals surface area contributed by atoms with E-state index in [1.54, 1.807) is 12.4 Å². The highest BCUT2D eigenvalue weighted by Crippen LogP contribution is 2.46. The van der Waals surface area contributed by atoms with Gasteiger partial charge in [0, 0.05) is 31.9 Å². The van der Waals surface area contributed by atoms with Gasteiger partial charge in [0.15, 0.2) is 5.82 Å². The first-order valence-electron chi connectivity index (χ1n) is 10.6. The second kappa shape index (κ2) is 8.02. The van der Waals surface area contributed by atoms with Gasteiger partial charge < -0.3 is 9.42 Å². The number of likely N-dealkylation sites (tertiary alicyclic amines) is 1. The summed E-state index contributed by atoms with van der Waals surface area (Å²) in [5.74, 6) is 2.82. The van der Waals surface area contributed by atoms with Crippen molar-refractivity contribution in [1.29, 1.82) is 0 Å². The van der Waals surface area contributed by atoms with E-state index >= 15 is 0 Å². The highest BCUT2D eigenvalue weighted by Gasteiger charge is 2.45. The van der Waals surface area contributed by atoms with Crippen molar-refractivity contribution >= 4 is 5.91 Å². The maximum Gasteiger partial charge on any atom is 0.259 e. The number of nitrogens with zero attached hydrogens (tertiary/aromatic N) is 4. The molecular weight excluding hydrogens is 352 g/mol. The first kappa shape index (κ1) is 19.1. The molecule has 1 amide bonds. The van der Waals surface area contributed by atoms with Crippen LogP contribution in [0.2, 0.25) is 0 Å². The van der Waals surface area contributed by atoms with Crippen molar-refractivity contribution in [3.63, 3.8) is 0 Å². The summed E-state index contributed by atoms with van der Waals surface area (Å²) in [4.78, 5) is 23.8. The summed E-state index contributed by atoms with van der Waals surface area (Å²) in [7, 11) is 0. The Labute approximate surface area is 166 Å². The van der Waals surface area contributed by atoms with E-state index in [0.29, 0.717) is 24.8 Å². The molecule has 28 heavy (non-hydrogen) atoms. The molecule has 2 fully saturated rings. The van der Waals surface area contributed by atoms with Crippen LogP contribution in [0.3, 0.4) is 0 Å². The van der Waals surface area contributed by atoms with Crippen LogP contribution in [0.15, 0.2) is 29.0 Å². The van der Waals surface area contributed by atoms with Crippen LogP contribution in [-0.2, 0) is 10.2 Å². The Morgan fingerprint density at radius 1 is 1.39 bits per heavy atom. The quantitative estimate of drug-likeness (QED) is 0.717. The summed E-state index contributed by atoms with van der Waals surface area (Å²) >= 11 is 0. The lowest BCUT2D eigenvalue weighted by molar-refractivity contribution is -0.134. The van der Waals surface area contributed by atoms with Crippen molar-refractivity contribution in [1.82, 2.24) is 20.0 Å². The molecular formula is C22H30N4O2. The van der Waals surface area contributed by atoms with Crippen molar-refractivity contribution in [2.45, 2.75) is 64.2 Å². The van der Waals surface area contributed by atoms with E-state index in [4.69, 9.17) is 9.51 Å². The lowest BCUT2D eigenvalue weighted by atomic mass is 9.74. The SMILES string of the molecule is CC(C)CCC(=O)N1CCCC(CC2CC2)(c2noc(-c3cccnc3)n2)C1. The summed E-state index contributed by atoms with van der Waals surface area (Å²) in [5, 5.41) is 4.39. The zero-order valence-electron chi connectivity index (χ0n) is 16.9. The third kappa shape index (κ3) is 4.26. The van der Waals surface area contributed by atoms with Crippen molar-refractivity contribution in [2.24, 2.45) is 11.8 Å². The van der Waals surface area contributed by atoms with E-state index in [1.807, 2.05) is 17.0 Å². The molecule has 1 atom stereocenters. The zero-order valence-corrected chi connectivity index (χ0v) is 16.9. The topological polar surface area (TPSA) is 72.1 Å². The monoisotopic (exact) mass is 382 g/mol. The van der Waals surface area contributed by atoms with Crippen LogP contribution in [0.1, 0.15) is 64.6 Å². The molecule has 1 unspecified atom stereocenters. The molecule has 6 heteroatoms. The third-order valence-corrected chi connectivity index (χ3v) is 6.05. The molecule has 1 saturated heterocycles. The predicted octanol–water partition coefficient (Wildman–Crippen LogP) is 4.23. The molecule has 2 aromatic rings. The van der Waals surface area contributed by atoms with Gasteiger partial charge in [0.25, 0.3) is 5.89 Å². The lowest BCUT2D eigenvalue weighted by Gasteiger charge is -2.41. The number of carbonyl (C=O) groups is 1. The molecule has 0 aromatic carbocycles. The van der Waals surface area contributed by atoms with Gasteiger partial charge in [0.1, 0.15) is 0 Å². The number of rotatable bonds is 7. The molecule has 0 spiro atoms. The Morgan fingerprint density at radius 3 is 2.96 bits per heavy atom. The zero-order chi connectivity index (χ0) is 19.6. The number of hydrogen-bond donors (Lipinski definition) is 0. The molecule has 1 aliphatic carbocycles. The molecule has 6 nitrogen and oxygen atoms in total. The minimum absolute atomic E-state index is 0.184. The van der Waals surface area contributed by atoms with Gasteiger partial charge in [0.05, 0.1) is 11.0 Å². The molecule has 1 saturated carbocycles. The molecule has 3 heterocycles. The van der Waals surface area contributed by atoms with Crippen LogP contribution in [0.4, 0.5) is 0 Å². The fourth-order valence-electron chi connectivity index (χ4n) is 4.28. The van der Waals surface area contributed by atoms with Gasteiger partial charge in [-0.05, 0) is 49.7 Å². The summed E-state index contributed by atoms with van der Waals surface area (Å²) in [5.41, 5.74) is 0.653. The van der Waals surface area contributed by atoms with Crippen LogP contribution in [0.5, 0.6) is 0 Å². The Balaban J connectivity index is 1.56. The fourth-order valence-corrected chi connectivity index (χ4v) is 4.28. The molecule has 2 aromatic heterocycles. The Hall–Kier alpha value is -2.24. The lowest BCUT2D eigenvalue weighted by Crippen LogP contribution is -2.49. The maximum atomic E-state index is 12.8. The Morgan fingerprint density at radius 2 is 2.25 bits per heavy atom. The Bertz CT molecular complexity index is 800. The van der Waals surface area contributed by atoms with E-state index in [2.05, 4.69) is 24.0 Å². The molecule has 1 aliphatic heterocycles. The smallest absolute Gasteiger partial charge is 0.259 e. The van der Waals surface area contributed by atoms with E-state index in [9.17, 15) is 4.79 Å². The largest absolute Gasteiger partial charge is 0.342 e. The van der Waals surface area contributed by atoms with Gasteiger partial charge in [0.2, 0.25) is 5.91 Å². The van der Waals surface area contributed by atoms with Gasteiger partial charge in [-0.2, -0.15) is 4.98 Å². The third-order valence-electron chi connectivity index (χ3n) is 6.05. The molecule has 0 N–H and O–H groups in total. The highest BCUT2D eigenvalue weighted by atomic mass is 16.5. The van der Waals surface area contributed by atoms with Crippen molar-refractivity contribution in [3.8, 4) is 11.5 Å². The maximum absolute atomic E-state index is 12.8. The van der Waals surface area contributed by atoms with Gasteiger partial charge in [-0.25, -0.2) is 0 Å². The van der Waals surface area contributed by atoms with Crippen molar-refractivity contribution in [2.75, 3.05) is 13.1 Å². The first-order chi connectivity index (χ1) is 13.6. The number of pyridine rings is 1. The number of amides is 1. The average Bonchev–Trinajstić information content (AvgIpc) is 3.37. The fraction of sp³-hybridized carbons (Fsp3) is 0.636. The molecule has 0 bridgehead atoms. The molecule has 0 radical (unpaired) electrons. The van der Waals surface area contributed by atoms with Crippen LogP contribution >= 0.6 is 0 Å². The second-order valence-corrected chi connectivity index (χ2v) is 8.94. The van der Waals surface area contributed by atoms with E-state index in [1.165, 1.54) is 12.8 Å². The van der Waals surface area contributed by atoms with Crippen LogP contribution < -0.4 is 0 Å². The Kier molecular flexibility index (Phi) is 5.47. The summed E-state index contributed by atoms with van der Waals surface area (Å²) in [6, 6.07) is 3.80. The van der Waals surface area contributed by atoms with Gasteiger partial charge in [-0.1, -0.05) is 31.8 Å². The highest BCUT2D eigenvalue weighted by molar-refractivity contribution is 5.76. The van der Waals surface area contributed by atoms with Gasteiger partial charge in [-0.15, -0.1) is 0 Å². The van der Waals surface area contributed by atoms with Crippen LogP contribution in [0, 0.1) is 11.8 Å². The number of hydrogen-bond acceptors (Lipinski definition) is 5. The number of piperidine rings is 1. The summed E-state index contributed by atoms with van der Waals surface area (Å²) in [6.45, 7) is 5.89. The summed E-state index contributed by atoms with van der Waals surface area (Å²) in [6.07, 6.45) is 10.7. The number of aromatic nitrogens is 3. The normalized spacial score (nSPS) is 22.6. The van der Waals surface area contributed by atoms with Crippen LogP contribution in [-0.4, -0.2) is 39.0 Å². The van der Waals surface area contributed by atoms with E-state index in [0.717, 1.165) is 49.5 Å². The summed E-state index contributed by atoms with van der Waals surface area (Å²) < 4.78 is 5.60. The van der Waals surface area contributed by atoms with Crippen molar-refractivity contribution < 1.29 is 9.32 Å². The predicted molar refractivity (Wildman–Crippen MR) is 106 cm³/mol.